The molecule has 0 spiro atoms. The molecule has 2 heterocycles. The van der Waals surface area contributed by atoms with Crippen molar-refractivity contribution in [3.05, 3.63) is 71.8 Å². The van der Waals surface area contributed by atoms with Gasteiger partial charge >= 0.3 is 0 Å². The van der Waals surface area contributed by atoms with Crippen molar-refractivity contribution >= 4 is 5.91 Å². The number of hydrogen-bond acceptors (Lipinski definition) is 4. The molecule has 1 saturated carbocycles. The summed E-state index contributed by atoms with van der Waals surface area (Å²) in [6.07, 6.45) is 4.25. The number of piperidine rings is 1. The van der Waals surface area contributed by atoms with E-state index in [1.807, 2.05) is 11.0 Å². The number of benzene rings is 2. The summed E-state index contributed by atoms with van der Waals surface area (Å²) in [6.45, 7) is 4.69. The zero-order chi connectivity index (χ0) is 21.8. The van der Waals surface area contributed by atoms with Gasteiger partial charge in [-0.3, -0.25) is 9.69 Å². The highest BCUT2D eigenvalue weighted by Gasteiger charge is 2.40. The first-order chi connectivity index (χ1) is 15.8. The largest absolute Gasteiger partial charge is 0.378 e. The summed E-state index contributed by atoms with van der Waals surface area (Å²) in [7, 11) is 0. The van der Waals surface area contributed by atoms with E-state index in [1.54, 1.807) is 0 Å². The molecule has 1 amide bonds. The Morgan fingerprint density at radius 2 is 1.59 bits per heavy atom. The predicted molar refractivity (Wildman–Crippen MR) is 127 cm³/mol. The van der Waals surface area contributed by atoms with Gasteiger partial charge in [0.25, 0.3) is 0 Å². The minimum atomic E-state index is -0.0746. The van der Waals surface area contributed by atoms with Gasteiger partial charge in [-0.2, -0.15) is 0 Å². The molecule has 3 atom stereocenters. The third kappa shape index (κ3) is 5.22. The van der Waals surface area contributed by atoms with Crippen LogP contribution >= 0.6 is 0 Å². The number of carbonyl (C=O) groups excluding carboxylic acids is 1. The molecule has 2 saturated heterocycles. The topological polar surface area (TPSA) is 44.8 Å². The molecule has 0 aromatic heterocycles. The maximum absolute atomic E-state index is 13.5. The van der Waals surface area contributed by atoms with E-state index < -0.39 is 0 Å². The minimum absolute atomic E-state index is 0.0746. The number of hydrogen-bond donors (Lipinski definition) is 1. The van der Waals surface area contributed by atoms with Crippen LogP contribution in [0.25, 0.3) is 0 Å². The van der Waals surface area contributed by atoms with Gasteiger partial charge in [0, 0.05) is 44.2 Å². The summed E-state index contributed by atoms with van der Waals surface area (Å²) in [5, 5.41) is 3.90. The van der Waals surface area contributed by atoms with E-state index >= 15 is 0 Å². The summed E-state index contributed by atoms with van der Waals surface area (Å²) in [5.41, 5.74) is 2.70. The molecule has 1 aliphatic carbocycles. The fourth-order valence-corrected chi connectivity index (χ4v) is 5.33. The van der Waals surface area contributed by atoms with Crippen LogP contribution in [-0.4, -0.2) is 73.2 Å². The Balaban J connectivity index is 1.18. The first-order valence-electron chi connectivity index (χ1n) is 12.2. The first kappa shape index (κ1) is 21.6. The van der Waals surface area contributed by atoms with Crippen molar-refractivity contribution < 1.29 is 9.53 Å². The van der Waals surface area contributed by atoms with Crippen molar-refractivity contribution in [2.24, 2.45) is 0 Å². The van der Waals surface area contributed by atoms with Crippen LogP contribution in [-0.2, 0) is 16.0 Å². The van der Waals surface area contributed by atoms with Crippen molar-refractivity contribution in [3.8, 4) is 0 Å². The lowest BCUT2D eigenvalue weighted by atomic mass is 9.98. The molecular weight excluding hydrogens is 398 g/mol. The van der Waals surface area contributed by atoms with Crippen molar-refractivity contribution in [1.29, 1.82) is 0 Å². The standard InChI is InChI=1S/C27H35N3O2/c31-27(30-15-17-32-18-16-30)26(19-21-7-3-1-4-8-21)29-13-11-23(12-14-29)28-25-20-24(25)22-9-5-2-6-10-22/h1-10,23-26,28H,11-20H2/t24-,25+,26?/m0/s1. The summed E-state index contributed by atoms with van der Waals surface area (Å²) in [4.78, 5) is 17.9. The molecule has 0 bridgehead atoms. The number of morpholine rings is 1. The van der Waals surface area contributed by atoms with Crippen LogP contribution in [0.5, 0.6) is 0 Å². The molecule has 170 valence electrons. The van der Waals surface area contributed by atoms with Crippen LogP contribution in [0, 0.1) is 0 Å². The van der Waals surface area contributed by atoms with Crippen molar-refractivity contribution in [2.75, 3.05) is 39.4 Å². The second-order valence-electron chi connectivity index (χ2n) is 9.48. The fourth-order valence-electron chi connectivity index (χ4n) is 5.33. The summed E-state index contributed by atoms with van der Waals surface area (Å²) in [5.74, 6) is 0.942. The highest BCUT2D eigenvalue weighted by Crippen LogP contribution is 2.41. The Bertz CT molecular complexity index is 861. The molecule has 2 aromatic carbocycles. The Kier molecular flexibility index (Phi) is 6.86. The van der Waals surface area contributed by atoms with Crippen LogP contribution < -0.4 is 5.32 Å². The molecule has 5 nitrogen and oxygen atoms in total. The summed E-state index contributed by atoms with van der Waals surface area (Å²) in [6, 6.07) is 22.4. The average molecular weight is 434 g/mol. The van der Waals surface area contributed by atoms with E-state index in [0.717, 1.165) is 32.4 Å². The van der Waals surface area contributed by atoms with Gasteiger partial charge in [0.2, 0.25) is 5.91 Å². The zero-order valence-corrected chi connectivity index (χ0v) is 18.9. The highest BCUT2D eigenvalue weighted by atomic mass is 16.5. The van der Waals surface area contributed by atoms with Gasteiger partial charge in [0.15, 0.2) is 0 Å². The fraction of sp³-hybridized carbons (Fsp3) is 0.519. The number of nitrogens with zero attached hydrogens (tertiary/aromatic N) is 2. The Labute approximate surface area is 191 Å². The van der Waals surface area contributed by atoms with E-state index in [4.69, 9.17) is 4.74 Å². The Hall–Kier alpha value is -2.21. The molecule has 2 aliphatic heterocycles. The quantitative estimate of drug-likeness (QED) is 0.729. The van der Waals surface area contributed by atoms with E-state index in [1.165, 1.54) is 17.5 Å². The molecule has 5 heteroatoms. The van der Waals surface area contributed by atoms with E-state index in [0.29, 0.717) is 44.3 Å². The lowest BCUT2D eigenvalue weighted by molar-refractivity contribution is -0.141. The lowest BCUT2D eigenvalue weighted by Gasteiger charge is -2.40. The maximum Gasteiger partial charge on any atom is 0.240 e. The molecule has 0 radical (unpaired) electrons. The Morgan fingerprint density at radius 3 is 2.28 bits per heavy atom. The maximum atomic E-state index is 13.5. The Morgan fingerprint density at radius 1 is 0.938 bits per heavy atom. The number of ether oxygens (including phenoxy) is 1. The molecule has 1 unspecified atom stereocenters. The third-order valence-corrected chi connectivity index (χ3v) is 7.32. The van der Waals surface area contributed by atoms with Crippen molar-refractivity contribution in [1.82, 2.24) is 15.1 Å². The van der Waals surface area contributed by atoms with Gasteiger partial charge in [-0.1, -0.05) is 60.7 Å². The molecule has 3 aliphatic rings. The summed E-state index contributed by atoms with van der Waals surface area (Å²) < 4.78 is 5.48. The van der Waals surface area contributed by atoms with Crippen LogP contribution in [0.1, 0.15) is 36.3 Å². The van der Waals surface area contributed by atoms with Gasteiger partial charge in [-0.25, -0.2) is 0 Å². The van der Waals surface area contributed by atoms with Gasteiger partial charge in [-0.05, 0) is 36.8 Å². The second-order valence-corrected chi connectivity index (χ2v) is 9.48. The van der Waals surface area contributed by atoms with Crippen molar-refractivity contribution in [3.63, 3.8) is 0 Å². The smallest absolute Gasteiger partial charge is 0.240 e. The number of rotatable bonds is 7. The van der Waals surface area contributed by atoms with E-state index in [2.05, 4.69) is 64.8 Å². The van der Waals surface area contributed by atoms with Gasteiger partial charge in [0.1, 0.15) is 0 Å². The number of amides is 1. The van der Waals surface area contributed by atoms with Gasteiger partial charge in [0.05, 0.1) is 19.3 Å². The van der Waals surface area contributed by atoms with Crippen LogP contribution in [0.3, 0.4) is 0 Å². The average Bonchev–Trinajstić information content (AvgIpc) is 3.63. The van der Waals surface area contributed by atoms with Gasteiger partial charge in [-0.15, -0.1) is 0 Å². The predicted octanol–water partition coefficient (Wildman–Crippen LogP) is 3.07. The number of nitrogens with one attached hydrogen (secondary N) is 1. The highest BCUT2D eigenvalue weighted by molar-refractivity contribution is 5.82. The minimum Gasteiger partial charge on any atom is -0.378 e. The molecule has 3 fully saturated rings. The third-order valence-electron chi connectivity index (χ3n) is 7.32. The molecular formula is C27H35N3O2. The molecule has 1 N–H and O–H groups in total. The monoisotopic (exact) mass is 433 g/mol. The second kappa shape index (κ2) is 10.2. The van der Waals surface area contributed by atoms with Crippen LogP contribution in [0.15, 0.2) is 60.7 Å². The lowest BCUT2D eigenvalue weighted by Crippen LogP contribution is -2.55. The molecule has 32 heavy (non-hydrogen) atoms. The van der Waals surface area contributed by atoms with Crippen molar-refractivity contribution in [2.45, 2.75) is 49.7 Å². The zero-order valence-electron chi connectivity index (χ0n) is 18.9. The molecule has 2 aromatic rings. The normalized spacial score (nSPS) is 25.4. The van der Waals surface area contributed by atoms with E-state index in [-0.39, 0.29) is 11.9 Å². The summed E-state index contributed by atoms with van der Waals surface area (Å²) >= 11 is 0. The SMILES string of the molecule is O=C(C(Cc1ccccc1)N1CCC(N[C@@H]2C[C@H]2c2ccccc2)CC1)N1CCOCC1. The van der Waals surface area contributed by atoms with Gasteiger partial charge < -0.3 is 15.0 Å². The number of carbonyl (C=O) groups is 1. The number of likely N-dealkylation sites (tertiary alicyclic amines) is 1. The first-order valence-corrected chi connectivity index (χ1v) is 12.2. The molecule has 5 rings (SSSR count). The van der Waals surface area contributed by atoms with Crippen LogP contribution in [0.2, 0.25) is 0 Å². The van der Waals surface area contributed by atoms with E-state index in [9.17, 15) is 4.79 Å². The van der Waals surface area contributed by atoms with Crippen LogP contribution in [0.4, 0.5) is 0 Å².